The Hall–Kier alpha value is -2.30. The minimum absolute atomic E-state index is 0.0265. The third-order valence-corrected chi connectivity index (χ3v) is 11.4. The van der Waals surface area contributed by atoms with E-state index in [1.165, 1.54) is 0 Å². The van der Waals surface area contributed by atoms with Crippen LogP contribution in [0.4, 0.5) is 5.69 Å². The Morgan fingerprint density at radius 2 is 1.90 bits per heavy atom. The maximum Gasteiger partial charge on any atom is 0.247 e. The van der Waals surface area contributed by atoms with Crippen LogP contribution in [0.5, 0.6) is 5.75 Å². The van der Waals surface area contributed by atoms with E-state index < -0.39 is 22.6 Å². The van der Waals surface area contributed by atoms with Crippen molar-refractivity contribution in [2.24, 2.45) is 11.8 Å². The van der Waals surface area contributed by atoms with Gasteiger partial charge >= 0.3 is 0 Å². The molecule has 0 aromatic heterocycles. The summed E-state index contributed by atoms with van der Waals surface area (Å²) in [7, 11) is 0. The Bertz CT molecular complexity index is 1130. The molecule has 0 saturated carbocycles. The first kappa shape index (κ1) is 30.7. The summed E-state index contributed by atoms with van der Waals surface area (Å²) < 4.78 is 4.83. The molecule has 3 fully saturated rings. The van der Waals surface area contributed by atoms with Crippen molar-refractivity contribution in [3.8, 4) is 5.75 Å². The number of rotatable bonds is 13. The summed E-state index contributed by atoms with van der Waals surface area (Å²) in [4.78, 5) is 47.9. The van der Waals surface area contributed by atoms with Gasteiger partial charge in [-0.1, -0.05) is 28.1 Å². The van der Waals surface area contributed by atoms with E-state index in [1.54, 1.807) is 38.6 Å². The lowest BCUT2D eigenvalue weighted by atomic mass is 9.70. The SMILES string of the molecule is C=CCN(C(=O)[C@H]1[C@@H]2SC3(CC2Br)C(C(=O)N(CC=C)C(C)C)N(CCCO)C(=O)[C@H]13)c1ccc(OCC)cc1. The number of halogens is 1. The van der Waals surface area contributed by atoms with Crippen LogP contribution >= 0.6 is 27.7 Å². The molecule has 10 heteroatoms. The van der Waals surface area contributed by atoms with Gasteiger partial charge in [0.25, 0.3) is 0 Å². The molecule has 3 heterocycles. The molecular formula is C30H40BrN3O5S. The van der Waals surface area contributed by atoms with Crippen LogP contribution in [-0.4, -0.2) is 92.4 Å². The Labute approximate surface area is 249 Å². The van der Waals surface area contributed by atoms with Crippen LogP contribution in [0.15, 0.2) is 49.6 Å². The molecule has 218 valence electrons. The number of carbonyl (C=O) groups is 3. The number of thioether (sulfide) groups is 1. The Morgan fingerprint density at radius 3 is 2.48 bits per heavy atom. The lowest BCUT2D eigenvalue weighted by molar-refractivity contribution is -0.143. The fourth-order valence-corrected chi connectivity index (χ4v) is 10.1. The molecule has 4 rings (SSSR count). The van der Waals surface area contributed by atoms with Gasteiger partial charge < -0.3 is 24.5 Å². The monoisotopic (exact) mass is 633 g/mol. The van der Waals surface area contributed by atoms with E-state index in [0.717, 1.165) is 0 Å². The number of fused-ring (bicyclic) bond motifs is 1. The van der Waals surface area contributed by atoms with Crippen LogP contribution in [-0.2, 0) is 14.4 Å². The molecule has 1 aromatic carbocycles. The molecule has 1 spiro atoms. The summed E-state index contributed by atoms with van der Waals surface area (Å²) in [6, 6.07) is 6.56. The van der Waals surface area contributed by atoms with Crippen molar-refractivity contribution >= 4 is 51.1 Å². The summed E-state index contributed by atoms with van der Waals surface area (Å²) >= 11 is 5.45. The van der Waals surface area contributed by atoms with Crippen LogP contribution in [0.25, 0.3) is 0 Å². The second kappa shape index (κ2) is 12.7. The molecule has 40 heavy (non-hydrogen) atoms. The highest BCUT2D eigenvalue weighted by Gasteiger charge is 2.76. The molecule has 3 saturated heterocycles. The molecule has 0 radical (unpaired) electrons. The minimum atomic E-state index is -0.740. The van der Waals surface area contributed by atoms with E-state index in [4.69, 9.17) is 4.74 Å². The van der Waals surface area contributed by atoms with Crippen molar-refractivity contribution < 1.29 is 24.2 Å². The molecule has 3 unspecified atom stereocenters. The lowest BCUT2D eigenvalue weighted by Crippen LogP contribution is -2.57. The van der Waals surface area contributed by atoms with Crippen molar-refractivity contribution in [1.82, 2.24) is 9.80 Å². The molecule has 0 aliphatic carbocycles. The minimum Gasteiger partial charge on any atom is -0.494 e. The average molecular weight is 635 g/mol. The number of likely N-dealkylation sites (tertiary alicyclic amines) is 1. The third-order valence-electron chi connectivity index (χ3n) is 8.13. The molecule has 1 aromatic rings. The number of anilines is 1. The second-order valence-corrected chi connectivity index (χ2v) is 13.5. The summed E-state index contributed by atoms with van der Waals surface area (Å²) in [5.74, 6) is -0.972. The van der Waals surface area contributed by atoms with Crippen molar-refractivity contribution in [2.75, 3.05) is 37.7 Å². The van der Waals surface area contributed by atoms with Gasteiger partial charge in [0.15, 0.2) is 0 Å². The Morgan fingerprint density at radius 1 is 1.23 bits per heavy atom. The molecular weight excluding hydrogens is 594 g/mol. The van der Waals surface area contributed by atoms with Crippen LogP contribution in [0.3, 0.4) is 0 Å². The smallest absolute Gasteiger partial charge is 0.247 e. The fraction of sp³-hybridized carbons (Fsp3) is 0.567. The van der Waals surface area contributed by atoms with Crippen LogP contribution in [0, 0.1) is 11.8 Å². The van der Waals surface area contributed by atoms with Gasteiger partial charge in [-0.3, -0.25) is 14.4 Å². The highest BCUT2D eigenvalue weighted by Crippen LogP contribution is 2.68. The third kappa shape index (κ3) is 5.23. The first-order chi connectivity index (χ1) is 19.2. The number of amides is 3. The number of alkyl halides is 1. The zero-order chi connectivity index (χ0) is 29.2. The molecule has 8 nitrogen and oxygen atoms in total. The number of aliphatic hydroxyl groups excluding tert-OH is 1. The van der Waals surface area contributed by atoms with Gasteiger partial charge in [-0.25, -0.2) is 0 Å². The van der Waals surface area contributed by atoms with E-state index in [9.17, 15) is 19.5 Å². The number of ether oxygens (including phenoxy) is 1. The van der Waals surface area contributed by atoms with Gasteiger partial charge in [0, 0.05) is 48.0 Å². The predicted octanol–water partition coefficient (Wildman–Crippen LogP) is 3.87. The van der Waals surface area contributed by atoms with Crippen LogP contribution in [0.2, 0.25) is 0 Å². The number of aliphatic hydroxyl groups is 1. The zero-order valence-electron chi connectivity index (χ0n) is 23.5. The fourth-order valence-electron chi connectivity index (χ4n) is 6.54. The zero-order valence-corrected chi connectivity index (χ0v) is 25.9. The molecule has 1 N–H and O–H groups in total. The second-order valence-electron chi connectivity index (χ2n) is 10.8. The van der Waals surface area contributed by atoms with Crippen molar-refractivity contribution in [2.45, 2.75) is 60.5 Å². The lowest BCUT2D eigenvalue weighted by Gasteiger charge is -2.39. The van der Waals surface area contributed by atoms with Crippen molar-refractivity contribution in [1.29, 1.82) is 0 Å². The molecule has 2 bridgehead atoms. The molecule has 3 aliphatic heterocycles. The van der Waals surface area contributed by atoms with E-state index in [1.807, 2.05) is 45.0 Å². The van der Waals surface area contributed by atoms with Gasteiger partial charge in [-0.15, -0.1) is 24.9 Å². The highest BCUT2D eigenvalue weighted by molar-refractivity contribution is 9.09. The molecule has 3 aliphatic rings. The quantitative estimate of drug-likeness (QED) is 0.262. The number of benzene rings is 1. The van der Waals surface area contributed by atoms with E-state index in [-0.39, 0.29) is 47.0 Å². The summed E-state index contributed by atoms with van der Waals surface area (Å²) in [5.41, 5.74) is 0.702. The maximum atomic E-state index is 14.4. The normalized spacial score (nSPS) is 28.5. The van der Waals surface area contributed by atoms with Crippen LogP contribution in [0.1, 0.15) is 33.6 Å². The van der Waals surface area contributed by atoms with Gasteiger partial charge in [-0.2, -0.15) is 0 Å². The standard InChI is InChI=1S/C30H40BrN3O5S/c1-6-14-32(19(4)5)29(38)26-30-18-22(31)25(40-30)23(24(30)28(37)34(26)16-9-17-35)27(36)33(15-7-2)20-10-12-21(13-11-20)39-8-3/h6-7,10-13,19,22-26,35H,1-2,8-9,14-18H2,3-5H3/t22?,23-,24+,25-,26?,30?/m1/s1. The predicted molar refractivity (Wildman–Crippen MR) is 163 cm³/mol. The topological polar surface area (TPSA) is 90.4 Å². The van der Waals surface area contributed by atoms with Crippen LogP contribution < -0.4 is 9.64 Å². The summed E-state index contributed by atoms with van der Waals surface area (Å²) in [5, 5.41) is 9.45. The van der Waals surface area contributed by atoms with Gasteiger partial charge in [0.05, 0.1) is 23.2 Å². The number of carbonyl (C=O) groups excluding carboxylic acids is 3. The molecule has 3 amide bonds. The molecule has 6 atom stereocenters. The average Bonchev–Trinajstić information content (AvgIpc) is 3.52. The van der Waals surface area contributed by atoms with Gasteiger partial charge in [-0.05, 0) is 57.9 Å². The van der Waals surface area contributed by atoms with E-state index in [2.05, 4.69) is 29.1 Å². The summed E-state index contributed by atoms with van der Waals surface area (Å²) in [6.07, 6.45) is 4.35. The van der Waals surface area contributed by atoms with Crippen molar-refractivity contribution in [3.05, 3.63) is 49.6 Å². The largest absolute Gasteiger partial charge is 0.494 e. The number of nitrogens with zero attached hydrogens (tertiary/aromatic N) is 3. The first-order valence-electron chi connectivity index (χ1n) is 14.0. The summed E-state index contributed by atoms with van der Waals surface area (Å²) in [6.45, 7) is 14.9. The van der Waals surface area contributed by atoms with E-state index in [0.29, 0.717) is 44.0 Å². The van der Waals surface area contributed by atoms with Crippen molar-refractivity contribution in [3.63, 3.8) is 0 Å². The van der Waals surface area contributed by atoms with Gasteiger partial charge in [0.1, 0.15) is 11.8 Å². The first-order valence-corrected chi connectivity index (χ1v) is 15.8. The number of hydrogen-bond donors (Lipinski definition) is 1. The Balaban J connectivity index is 1.75. The Kier molecular flexibility index (Phi) is 9.73. The van der Waals surface area contributed by atoms with Gasteiger partial charge in [0.2, 0.25) is 17.7 Å². The highest BCUT2D eigenvalue weighted by atomic mass is 79.9. The van der Waals surface area contributed by atoms with E-state index >= 15 is 0 Å². The number of hydrogen-bond acceptors (Lipinski definition) is 6. The maximum absolute atomic E-state index is 14.4.